The van der Waals surface area contributed by atoms with E-state index in [0.717, 1.165) is 6.29 Å². The Balaban J connectivity index is 2.77. The molecule has 1 aromatic rings. The lowest BCUT2D eigenvalue weighted by atomic mass is 10.2. The van der Waals surface area contributed by atoms with Gasteiger partial charge >= 0.3 is 6.28 Å². The van der Waals surface area contributed by atoms with Crippen LogP contribution in [-0.2, 0) is 11.8 Å². The average molecular weight is 220 g/mol. The molecule has 0 heterocycles. The van der Waals surface area contributed by atoms with Gasteiger partial charge in [-0.05, 0) is 24.3 Å². The van der Waals surface area contributed by atoms with E-state index in [1.807, 2.05) is 0 Å². The lowest BCUT2D eigenvalue weighted by molar-refractivity contribution is 0.112. The van der Waals surface area contributed by atoms with Gasteiger partial charge in [0.1, 0.15) is 6.29 Å². The number of hydrogen-bond donors (Lipinski definition) is 0. The number of aldehydes is 1. The van der Waals surface area contributed by atoms with Crippen molar-refractivity contribution in [3.8, 4) is 5.75 Å². The van der Waals surface area contributed by atoms with Gasteiger partial charge in [-0.3, -0.25) is 9.32 Å². The van der Waals surface area contributed by atoms with Gasteiger partial charge in [0.25, 0.3) is 0 Å². The van der Waals surface area contributed by atoms with Crippen molar-refractivity contribution in [2.45, 2.75) is 0 Å². The summed E-state index contributed by atoms with van der Waals surface area (Å²) >= 11 is 10.1. The van der Waals surface area contributed by atoms with Gasteiger partial charge < -0.3 is 0 Å². The molecule has 5 heteroatoms. The number of carbonyl (C=O) groups is 1. The largest absolute Gasteiger partial charge is 0.511 e. The molecule has 0 saturated carbocycles. The third-order valence-corrected chi connectivity index (χ3v) is 1.98. The molecule has 0 fully saturated rings. The zero-order chi connectivity index (χ0) is 8.97. The third-order valence-electron chi connectivity index (χ3n) is 1.19. The van der Waals surface area contributed by atoms with E-state index in [1.165, 1.54) is 0 Å². The monoisotopic (exact) mass is 219 g/mol. The standard InChI is InChI=1S/C7H5ClO2PS/c8-11(12)10-7-3-1-6(5-9)2-4-7/h1-5H/q+1. The van der Waals surface area contributed by atoms with Crippen molar-refractivity contribution in [2.75, 3.05) is 0 Å². The van der Waals surface area contributed by atoms with Gasteiger partial charge in [0, 0.05) is 5.56 Å². The minimum atomic E-state index is -1.32. The van der Waals surface area contributed by atoms with Gasteiger partial charge in [-0.15, -0.1) is 0 Å². The summed E-state index contributed by atoms with van der Waals surface area (Å²) in [6.45, 7) is 0. The molecule has 62 valence electrons. The molecule has 0 aliphatic rings. The molecule has 0 bridgehead atoms. The van der Waals surface area contributed by atoms with E-state index in [2.05, 4.69) is 11.8 Å². The van der Waals surface area contributed by atoms with Crippen LogP contribution in [-0.4, -0.2) is 6.29 Å². The minimum Gasteiger partial charge on any atom is -0.298 e. The van der Waals surface area contributed by atoms with Gasteiger partial charge in [-0.2, -0.15) is 0 Å². The molecule has 0 amide bonds. The molecule has 1 rings (SSSR count). The highest BCUT2D eigenvalue weighted by atomic mass is 35.7. The van der Waals surface area contributed by atoms with Crippen molar-refractivity contribution in [2.24, 2.45) is 0 Å². The van der Waals surface area contributed by atoms with Crippen molar-refractivity contribution in [1.82, 2.24) is 0 Å². The van der Waals surface area contributed by atoms with Gasteiger partial charge in [-0.25, -0.2) is 0 Å². The van der Waals surface area contributed by atoms with Gasteiger partial charge in [0.05, 0.1) is 0 Å². The van der Waals surface area contributed by atoms with E-state index in [0.29, 0.717) is 11.3 Å². The quantitative estimate of drug-likeness (QED) is 0.578. The van der Waals surface area contributed by atoms with Crippen molar-refractivity contribution in [3.63, 3.8) is 0 Å². The number of benzene rings is 1. The second-order valence-electron chi connectivity index (χ2n) is 1.99. The van der Waals surface area contributed by atoms with Crippen LogP contribution in [0.4, 0.5) is 0 Å². The molecular weight excluding hydrogens is 215 g/mol. The number of carbonyl (C=O) groups excluding carboxylic acids is 1. The molecule has 0 aromatic heterocycles. The molecule has 12 heavy (non-hydrogen) atoms. The first kappa shape index (κ1) is 9.59. The molecule has 0 spiro atoms. The second-order valence-corrected chi connectivity index (χ2v) is 5.12. The second kappa shape index (κ2) is 4.51. The van der Waals surface area contributed by atoms with E-state index in [-0.39, 0.29) is 0 Å². The smallest absolute Gasteiger partial charge is 0.298 e. The molecular formula is C7H5ClO2PS+. The predicted octanol–water partition coefficient (Wildman–Crippen LogP) is 2.89. The van der Waals surface area contributed by atoms with Crippen LogP contribution in [0.2, 0.25) is 0 Å². The molecule has 0 N–H and O–H groups in total. The molecule has 0 aliphatic heterocycles. The summed E-state index contributed by atoms with van der Waals surface area (Å²) in [6.07, 6.45) is -0.559. The minimum absolute atomic E-state index is 0.594. The van der Waals surface area contributed by atoms with E-state index in [1.54, 1.807) is 24.3 Å². The first-order valence-electron chi connectivity index (χ1n) is 3.08. The Labute approximate surface area is 80.8 Å². The SMILES string of the molecule is O=Cc1ccc(O[P+](=S)Cl)cc1. The van der Waals surface area contributed by atoms with Crippen LogP contribution in [0.25, 0.3) is 0 Å². The summed E-state index contributed by atoms with van der Waals surface area (Å²) in [7, 11) is 0. The van der Waals surface area contributed by atoms with Crippen LogP contribution in [0.15, 0.2) is 24.3 Å². The zero-order valence-corrected chi connectivity index (χ0v) is 8.40. The van der Waals surface area contributed by atoms with Crippen molar-refractivity contribution >= 4 is 35.6 Å². The highest BCUT2D eigenvalue weighted by molar-refractivity contribution is 8.15. The molecule has 2 nitrogen and oxygen atoms in total. The summed E-state index contributed by atoms with van der Waals surface area (Å²) in [5.41, 5.74) is 0.602. The lowest BCUT2D eigenvalue weighted by Crippen LogP contribution is -1.80. The van der Waals surface area contributed by atoms with E-state index in [4.69, 9.17) is 15.8 Å². The average Bonchev–Trinajstić information content (AvgIpc) is 2.05. The maximum atomic E-state index is 10.3. The highest BCUT2D eigenvalue weighted by Gasteiger charge is 2.07. The summed E-state index contributed by atoms with van der Waals surface area (Å²) in [6, 6.07) is 6.61. The Kier molecular flexibility index (Phi) is 3.60. The summed E-state index contributed by atoms with van der Waals surface area (Å²) in [5.74, 6) is 0.594. The van der Waals surface area contributed by atoms with Crippen molar-refractivity contribution in [1.29, 1.82) is 0 Å². The predicted molar refractivity (Wildman–Crippen MR) is 52.6 cm³/mol. The molecule has 1 atom stereocenters. The highest BCUT2D eigenvalue weighted by Crippen LogP contribution is 2.30. The molecule has 1 unspecified atom stereocenters. The fourth-order valence-corrected chi connectivity index (χ4v) is 1.47. The van der Waals surface area contributed by atoms with E-state index < -0.39 is 6.28 Å². The van der Waals surface area contributed by atoms with Crippen LogP contribution < -0.4 is 4.52 Å². The first-order chi connectivity index (χ1) is 5.72. The maximum absolute atomic E-state index is 10.3. The van der Waals surface area contributed by atoms with Crippen LogP contribution in [0.3, 0.4) is 0 Å². The number of hydrogen-bond acceptors (Lipinski definition) is 3. The Hall–Kier alpha value is -0.500. The van der Waals surface area contributed by atoms with Gasteiger partial charge in [0.2, 0.25) is 23.0 Å². The summed E-state index contributed by atoms with van der Waals surface area (Å²) in [5, 5.41) is 0. The van der Waals surface area contributed by atoms with Crippen molar-refractivity contribution < 1.29 is 9.32 Å². The summed E-state index contributed by atoms with van der Waals surface area (Å²) in [4.78, 5) is 10.3. The van der Waals surface area contributed by atoms with E-state index in [9.17, 15) is 4.79 Å². The van der Waals surface area contributed by atoms with Crippen LogP contribution >= 0.6 is 17.5 Å². The Bertz CT molecular complexity index is 299. The zero-order valence-electron chi connectivity index (χ0n) is 5.94. The normalized spacial score (nSPS) is 10.6. The van der Waals surface area contributed by atoms with Crippen LogP contribution in [0.1, 0.15) is 10.4 Å². The number of halogens is 1. The summed E-state index contributed by atoms with van der Waals surface area (Å²) < 4.78 is 5.04. The molecule has 1 aromatic carbocycles. The topological polar surface area (TPSA) is 26.3 Å². The Morgan fingerprint density at radius 3 is 2.42 bits per heavy atom. The first-order valence-corrected chi connectivity index (χ1v) is 6.26. The fraction of sp³-hybridized carbons (Fsp3) is 0. The van der Waals surface area contributed by atoms with Gasteiger partial charge in [0.15, 0.2) is 5.75 Å². The van der Waals surface area contributed by atoms with E-state index >= 15 is 0 Å². The van der Waals surface area contributed by atoms with Gasteiger partial charge in [-0.1, -0.05) is 0 Å². The molecule has 0 aliphatic carbocycles. The van der Waals surface area contributed by atoms with Crippen molar-refractivity contribution in [3.05, 3.63) is 29.8 Å². The Morgan fingerprint density at radius 2 is 2.00 bits per heavy atom. The molecule has 0 radical (unpaired) electrons. The molecule has 0 saturated heterocycles. The lowest BCUT2D eigenvalue weighted by Gasteiger charge is -1.91. The maximum Gasteiger partial charge on any atom is 0.511 e. The van der Waals surface area contributed by atoms with Crippen LogP contribution in [0, 0.1) is 0 Å². The van der Waals surface area contributed by atoms with Crippen LogP contribution in [0.5, 0.6) is 5.75 Å². The Morgan fingerprint density at radius 1 is 1.42 bits per heavy atom. The fourth-order valence-electron chi connectivity index (χ4n) is 0.690. The number of rotatable bonds is 3. The third kappa shape index (κ3) is 2.86.